The standard InChI is InChI=1S/C21H27N3OS/c1-3-24(4-2)20-12-10-19(11-13-20)16-22-23-21(25)17-26-15-14-18-8-6-5-7-9-18/h5-13,16H,3-4,14-15,17H2,1-2H3,(H,23,25)/b22-16+. The number of aryl methyl sites for hydroxylation is 1. The monoisotopic (exact) mass is 369 g/mol. The number of thioether (sulfide) groups is 1. The Hall–Kier alpha value is -2.27. The van der Waals surface area contributed by atoms with E-state index in [1.54, 1.807) is 18.0 Å². The number of benzene rings is 2. The molecule has 0 spiro atoms. The molecule has 0 bridgehead atoms. The van der Waals surface area contributed by atoms with Crippen molar-refractivity contribution in [3.8, 4) is 0 Å². The molecular weight excluding hydrogens is 342 g/mol. The number of nitrogens with zero attached hydrogens (tertiary/aromatic N) is 2. The van der Waals surface area contributed by atoms with Gasteiger partial charge in [0.15, 0.2) is 0 Å². The Bertz CT molecular complexity index is 682. The van der Waals surface area contributed by atoms with Gasteiger partial charge in [0.05, 0.1) is 12.0 Å². The molecule has 0 aliphatic heterocycles. The molecule has 2 aromatic rings. The first-order valence-corrected chi connectivity index (χ1v) is 10.2. The maximum Gasteiger partial charge on any atom is 0.250 e. The zero-order valence-corrected chi connectivity index (χ0v) is 16.3. The summed E-state index contributed by atoms with van der Waals surface area (Å²) >= 11 is 1.62. The van der Waals surface area contributed by atoms with Crippen LogP contribution < -0.4 is 10.3 Å². The molecule has 0 aromatic heterocycles. The molecule has 0 aliphatic carbocycles. The number of hydrogen-bond donors (Lipinski definition) is 1. The fourth-order valence-electron chi connectivity index (χ4n) is 2.57. The van der Waals surface area contributed by atoms with Gasteiger partial charge in [-0.2, -0.15) is 16.9 Å². The van der Waals surface area contributed by atoms with Crippen LogP contribution in [0.25, 0.3) is 0 Å². The summed E-state index contributed by atoms with van der Waals surface area (Å²) in [5, 5.41) is 4.04. The summed E-state index contributed by atoms with van der Waals surface area (Å²) in [7, 11) is 0. The van der Waals surface area contributed by atoms with E-state index in [1.165, 1.54) is 11.3 Å². The molecule has 0 aliphatic rings. The van der Waals surface area contributed by atoms with Crippen LogP contribution in [0.4, 0.5) is 5.69 Å². The van der Waals surface area contributed by atoms with Crippen LogP contribution in [0.5, 0.6) is 0 Å². The molecule has 2 rings (SSSR count). The topological polar surface area (TPSA) is 44.7 Å². The van der Waals surface area contributed by atoms with Gasteiger partial charge < -0.3 is 4.90 Å². The zero-order valence-electron chi connectivity index (χ0n) is 15.5. The van der Waals surface area contributed by atoms with Crippen LogP contribution >= 0.6 is 11.8 Å². The summed E-state index contributed by atoms with van der Waals surface area (Å²) in [4.78, 5) is 14.1. The first-order valence-electron chi connectivity index (χ1n) is 9.01. The highest BCUT2D eigenvalue weighted by atomic mass is 32.2. The molecule has 26 heavy (non-hydrogen) atoms. The van der Waals surface area contributed by atoms with Gasteiger partial charge >= 0.3 is 0 Å². The summed E-state index contributed by atoms with van der Waals surface area (Å²) in [5.41, 5.74) is 6.06. The van der Waals surface area contributed by atoms with Crippen LogP contribution in [-0.2, 0) is 11.2 Å². The average Bonchev–Trinajstić information content (AvgIpc) is 2.68. The van der Waals surface area contributed by atoms with Crippen molar-refractivity contribution in [2.45, 2.75) is 20.3 Å². The van der Waals surface area contributed by atoms with E-state index in [0.717, 1.165) is 30.8 Å². The Morgan fingerprint density at radius 3 is 2.42 bits per heavy atom. The fraction of sp³-hybridized carbons (Fsp3) is 0.333. The number of amides is 1. The number of rotatable bonds is 10. The SMILES string of the molecule is CCN(CC)c1ccc(/C=N/NC(=O)CSCCc2ccccc2)cc1. The van der Waals surface area contributed by atoms with Gasteiger partial charge in [0.25, 0.3) is 0 Å². The van der Waals surface area contributed by atoms with E-state index in [2.05, 4.69) is 53.5 Å². The minimum atomic E-state index is -0.0703. The Balaban J connectivity index is 1.68. The van der Waals surface area contributed by atoms with Gasteiger partial charge in [0.1, 0.15) is 0 Å². The van der Waals surface area contributed by atoms with E-state index in [4.69, 9.17) is 0 Å². The van der Waals surface area contributed by atoms with Gasteiger partial charge in [-0.1, -0.05) is 42.5 Å². The van der Waals surface area contributed by atoms with Crippen molar-refractivity contribution in [2.75, 3.05) is 29.5 Å². The number of anilines is 1. The average molecular weight is 370 g/mol. The van der Waals surface area contributed by atoms with Crippen molar-refractivity contribution in [3.63, 3.8) is 0 Å². The molecular formula is C21H27N3OS. The molecule has 4 nitrogen and oxygen atoms in total. The Kier molecular flexibility index (Phi) is 8.76. The second kappa shape index (κ2) is 11.4. The summed E-state index contributed by atoms with van der Waals surface area (Å²) in [6.45, 7) is 6.27. The number of hydrogen-bond acceptors (Lipinski definition) is 4. The lowest BCUT2D eigenvalue weighted by molar-refractivity contribution is -0.118. The lowest BCUT2D eigenvalue weighted by Crippen LogP contribution is -2.21. The minimum absolute atomic E-state index is 0.0703. The van der Waals surface area contributed by atoms with Gasteiger partial charge in [0, 0.05) is 18.8 Å². The number of nitrogens with one attached hydrogen (secondary N) is 1. The highest BCUT2D eigenvalue weighted by Gasteiger charge is 2.02. The van der Waals surface area contributed by atoms with Gasteiger partial charge in [-0.25, -0.2) is 5.43 Å². The van der Waals surface area contributed by atoms with Crippen LogP contribution in [0.3, 0.4) is 0 Å². The van der Waals surface area contributed by atoms with Crippen molar-refractivity contribution in [1.29, 1.82) is 0 Å². The smallest absolute Gasteiger partial charge is 0.250 e. The summed E-state index contributed by atoms with van der Waals surface area (Å²) in [5.74, 6) is 1.28. The second-order valence-corrected chi connectivity index (χ2v) is 6.95. The summed E-state index contributed by atoms with van der Waals surface area (Å²) in [6.07, 6.45) is 2.65. The molecule has 0 radical (unpaired) electrons. The predicted molar refractivity (Wildman–Crippen MR) is 113 cm³/mol. The third kappa shape index (κ3) is 6.92. The Morgan fingerprint density at radius 1 is 1.08 bits per heavy atom. The first kappa shape index (κ1) is 20.0. The molecule has 1 N–H and O–H groups in total. The van der Waals surface area contributed by atoms with E-state index in [0.29, 0.717) is 5.75 Å². The van der Waals surface area contributed by atoms with Crippen LogP contribution in [0.2, 0.25) is 0 Å². The van der Waals surface area contributed by atoms with E-state index in [9.17, 15) is 4.79 Å². The fourth-order valence-corrected chi connectivity index (χ4v) is 3.34. The van der Waals surface area contributed by atoms with Crippen molar-refractivity contribution in [3.05, 3.63) is 65.7 Å². The van der Waals surface area contributed by atoms with Gasteiger partial charge in [-0.15, -0.1) is 0 Å². The predicted octanol–water partition coefficient (Wildman–Crippen LogP) is 3.96. The first-order chi connectivity index (χ1) is 12.7. The Morgan fingerprint density at radius 2 is 1.77 bits per heavy atom. The quantitative estimate of drug-likeness (QED) is 0.392. The van der Waals surface area contributed by atoms with E-state index in [1.807, 2.05) is 30.3 Å². The normalized spacial score (nSPS) is 10.8. The third-order valence-corrected chi connectivity index (χ3v) is 4.99. The summed E-state index contributed by atoms with van der Waals surface area (Å²) < 4.78 is 0. The zero-order chi connectivity index (χ0) is 18.6. The summed E-state index contributed by atoms with van der Waals surface area (Å²) in [6, 6.07) is 18.5. The minimum Gasteiger partial charge on any atom is -0.372 e. The number of hydrazone groups is 1. The van der Waals surface area contributed by atoms with Crippen LogP contribution in [0, 0.1) is 0 Å². The number of carbonyl (C=O) groups excluding carboxylic acids is 1. The molecule has 0 saturated heterocycles. The maximum atomic E-state index is 11.8. The van der Waals surface area contributed by atoms with E-state index >= 15 is 0 Å². The van der Waals surface area contributed by atoms with Crippen LogP contribution in [-0.4, -0.2) is 36.7 Å². The molecule has 2 aromatic carbocycles. The van der Waals surface area contributed by atoms with Crippen LogP contribution in [0.1, 0.15) is 25.0 Å². The van der Waals surface area contributed by atoms with Crippen molar-refractivity contribution >= 4 is 29.6 Å². The van der Waals surface area contributed by atoms with Gasteiger partial charge in [0.2, 0.25) is 5.91 Å². The molecule has 0 saturated carbocycles. The van der Waals surface area contributed by atoms with Gasteiger partial charge in [-0.3, -0.25) is 4.79 Å². The highest BCUT2D eigenvalue weighted by molar-refractivity contribution is 7.99. The van der Waals surface area contributed by atoms with E-state index in [-0.39, 0.29) is 5.91 Å². The third-order valence-electron chi connectivity index (χ3n) is 4.04. The molecule has 1 amide bonds. The van der Waals surface area contributed by atoms with Gasteiger partial charge in [-0.05, 0) is 49.3 Å². The lowest BCUT2D eigenvalue weighted by atomic mass is 10.2. The van der Waals surface area contributed by atoms with Crippen molar-refractivity contribution < 1.29 is 4.79 Å². The molecule has 138 valence electrons. The molecule has 0 unspecified atom stereocenters. The van der Waals surface area contributed by atoms with Crippen LogP contribution in [0.15, 0.2) is 59.7 Å². The maximum absolute atomic E-state index is 11.8. The molecule has 5 heteroatoms. The molecule has 0 atom stereocenters. The highest BCUT2D eigenvalue weighted by Crippen LogP contribution is 2.14. The number of carbonyl (C=O) groups is 1. The van der Waals surface area contributed by atoms with E-state index < -0.39 is 0 Å². The Labute approximate surface area is 160 Å². The molecule has 0 fully saturated rings. The second-order valence-electron chi connectivity index (χ2n) is 5.85. The van der Waals surface area contributed by atoms with Crippen molar-refractivity contribution in [1.82, 2.24) is 5.43 Å². The largest absolute Gasteiger partial charge is 0.372 e. The molecule has 0 heterocycles. The lowest BCUT2D eigenvalue weighted by Gasteiger charge is -2.20. The van der Waals surface area contributed by atoms with Crippen molar-refractivity contribution in [2.24, 2.45) is 5.10 Å².